The number of hydrogen-bond donors (Lipinski definition) is 3. The molecule has 1 aliphatic rings. The van der Waals surface area contributed by atoms with Gasteiger partial charge in [-0.15, -0.1) is 11.3 Å². The number of hydrogen-bond acceptors (Lipinski definition) is 10. The van der Waals surface area contributed by atoms with Crippen LogP contribution in [0.3, 0.4) is 0 Å². The number of furan rings is 1. The molecule has 1 atom stereocenters. The van der Waals surface area contributed by atoms with Crippen molar-refractivity contribution in [2.75, 3.05) is 4.72 Å². The Morgan fingerprint density at radius 1 is 1.19 bits per heavy atom. The number of thiocarbonyl (C=S) groups is 1. The average molecular weight is 566 g/mol. The molecular weight excluding hydrogens is 551 g/mol. The van der Waals surface area contributed by atoms with Crippen LogP contribution in [0, 0.1) is 0 Å². The second-order valence-corrected chi connectivity index (χ2v) is 11.4. The average Bonchev–Trinajstić information content (AvgIpc) is 3.54. The molecule has 0 bridgehead atoms. The molecule has 3 N–H and O–H groups in total. The largest absolute Gasteiger partial charge is 0.481 e. The molecule has 1 fully saturated rings. The first-order valence-corrected chi connectivity index (χ1v) is 13.5. The van der Waals surface area contributed by atoms with Crippen LogP contribution in [0.2, 0.25) is 0 Å². The van der Waals surface area contributed by atoms with E-state index in [-0.39, 0.29) is 25.0 Å². The lowest BCUT2D eigenvalue weighted by Crippen LogP contribution is -2.45. The van der Waals surface area contributed by atoms with Gasteiger partial charge in [0.05, 0.1) is 16.2 Å². The van der Waals surface area contributed by atoms with Crippen LogP contribution in [-0.4, -0.2) is 56.7 Å². The molecule has 36 heavy (non-hydrogen) atoms. The minimum Gasteiger partial charge on any atom is -0.481 e. The van der Waals surface area contributed by atoms with Crippen LogP contribution < -0.4 is 4.72 Å². The number of rotatable bonds is 9. The number of carbonyl (C=O) groups is 3. The third-order valence-corrected chi connectivity index (χ3v) is 8.29. The van der Waals surface area contributed by atoms with Crippen molar-refractivity contribution in [3.63, 3.8) is 0 Å². The third kappa shape index (κ3) is 5.48. The predicted molar refractivity (Wildman–Crippen MR) is 136 cm³/mol. The first kappa shape index (κ1) is 25.6. The zero-order chi connectivity index (χ0) is 26.0. The van der Waals surface area contributed by atoms with Gasteiger partial charge >= 0.3 is 11.9 Å². The Kier molecular flexibility index (Phi) is 7.26. The molecule has 2 aromatic heterocycles. The smallest absolute Gasteiger partial charge is 0.327 e. The molecule has 1 saturated heterocycles. The second kappa shape index (κ2) is 10.2. The Bertz CT molecular complexity index is 1480. The van der Waals surface area contributed by atoms with Crippen LogP contribution in [0.4, 0.5) is 5.13 Å². The zero-order valence-electron chi connectivity index (χ0n) is 17.9. The number of anilines is 1. The molecule has 186 valence electrons. The Labute approximate surface area is 217 Å². The normalized spacial score (nSPS) is 15.9. The van der Waals surface area contributed by atoms with Gasteiger partial charge < -0.3 is 14.6 Å². The van der Waals surface area contributed by atoms with Gasteiger partial charge in [-0.25, -0.2) is 18.2 Å². The van der Waals surface area contributed by atoms with Crippen LogP contribution in [0.15, 0.2) is 62.2 Å². The lowest BCUT2D eigenvalue weighted by atomic mass is 10.2. The number of carboxylic acid groups (broad SMARTS) is 2. The van der Waals surface area contributed by atoms with Crippen LogP contribution in [0.5, 0.6) is 0 Å². The number of aromatic nitrogens is 1. The summed E-state index contributed by atoms with van der Waals surface area (Å²) in [5.41, 5.74) is 0.572. The van der Waals surface area contributed by atoms with Crippen molar-refractivity contribution in [2.45, 2.75) is 17.4 Å². The summed E-state index contributed by atoms with van der Waals surface area (Å²) in [6, 6.07) is 7.49. The second-order valence-electron chi connectivity index (χ2n) is 7.17. The summed E-state index contributed by atoms with van der Waals surface area (Å²) in [4.78, 5) is 40.0. The molecule has 0 aliphatic carbocycles. The van der Waals surface area contributed by atoms with Crippen molar-refractivity contribution < 1.29 is 37.4 Å². The van der Waals surface area contributed by atoms with Gasteiger partial charge in [0, 0.05) is 23.2 Å². The van der Waals surface area contributed by atoms with Crippen molar-refractivity contribution in [1.82, 2.24) is 9.88 Å². The van der Waals surface area contributed by atoms with Crippen molar-refractivity contribution in [3.05, 3.63) is 58.6 Å². The van der Waals surface area contributed by atoms with Crippen LogP contribution in [0.1, 0.15) is 12.2 Å². The monoisotopic (exact) mass is 565 g/mol. The molecule has 11 nitrogen and oxygen atoms in total. The fourth-order valence-corrected chi connectivity index (χ4v) is 6.29. The quantitative estimate of drug-likeness (QED) is 0.257. The maximum absolute atomic E-state index is 12.8. The van der Waals surface area contributed by atoms with Gasteiger partial charge in [0.15, 0.2) is 5.13 Å². The number of aliphatic carboxylic acids is 2. The van der Waals surface area contributed by atoms with Crippen molar-refractivity contribution in [2.24, 2.45) is 0 Å². The molecule has 0 spiro atoms. The number of carboxylic acids is 2. The summed E-state index contributed by atoms with van der Waals surface area (Å²) in [6.45, 7) is 0. The predicted octanol–water partition coefficient (Wildman–Crippen LogP) is 3.33. The fraction of sp³-hybridized carbons (Fsp3) is 0.0952. The molecule has 3 aromatic rings. The Balaban J connectivity index is 1.51. The Morgan fingerprint density at radius 2 is 1.92 bits per heavy atom. The molecule has 15 heteroatoms. The van der Waals surface area contributed by atoms with E-state index >= 15 is 0 Å². The molecule has 1 aromatic carbocycles. The maximum Gasteiger partial charge on any atom is 0.327 e. The highest BCUT2D eigenvalue weighted by molar-refractivity contribution is 8.26. The molecule has 0 saturated carbocycles. The Hall–Kier alpha value is -3.53. The molecular formula is C21H15N3O8S4. The summed E-state index contributed by atoms with van der Waals surface area (Å²) in [6.07, 6.45) is 2.06. The van der Waals surface area contributed by atoms with E-state index in [2.05, 4.69) is 9.71 Å². The third-order valence-electron chi connectivity index (χ3n) is 4.79. The number of nitrogens with zero attached hydrogens (tertiary/aromatic N) is 2. The number of thioether (sulfide) groups is 1. The van der Waals surface area contributed by atoms with E-state index in [4.69, 9.17) is 21.7 Å². The zero-order valence-corrected chi connectivity index (χ0v) is 21.1. The summed E-state index contributed by atoms with van der Waals surface area (Å²) in [7, 11) is -3.81. The number of nitrogens with one attached hydrogen (secondary N) is 1. The number of sulfonamides is 1. The molecule has 0 radical (unpaired) electrons. The number of benzene rings is 1. The van der Waals surface area contributed by atoms with E-state index in [0.29, 0.717) is 11.3 Å². The summed E-state index contributed by atoms with van der Waals surface area (Å²) >= 11 is 7.09. The first-order chi connectivity index (χ1) is 17.0. The molecule has 1 aliphatic heterocycles. The SMILES string of the molecule is O=C(O)CC(C(=O)O)N1C(=O)/C(=C/c2ccc(-c3ccc(S(=O)(=O)Nc4nccs4)cc3)o2)SC1=S. The van der Waals surface area contributed by atoms with E-state index in [1.807, 2.05) is 0 Å². The molecule has 4 rings (SSSR count). The Morgan fingerprint density at radius 3 is 2.53 bits per heavy atom. The van der Waals surface area contributed by atoms with Gasteiger partial charge in [0.25, 0.3) is 15.9 Å². The fourth-order valence-electron chi connectivity index (χ4n) is 3.16. The van der Waals surface area contributed by atoms with Gasteiger partial charge in [-0.05, 0) is 36.4 Å². The highest BCUT2D eigenvalue weighted by Crippen LogP contribution is 2.35. The van der Waals surface area contributed by atoms with Crippen LogP contribution in [0.25, 0.3) is 17.4 Å². The van der Waals surface area contributed by atoms with Gasteiger partial charge in [0.2, 0.25) is 0 Å². The number of amides is 1. The van der Waals surface area contributed by atoms with Crippen molar-refractivity contribution in [3.8, 4) is 11.3 Å². The number of carbonyl (C=O) groups excluding carboxylic acids is 1. The highest BCUT2D eigenvalue weighted by atomic mass is 32.2. The van der Waals surface area contributed by atoms with Crippen LogP contribution in [-0.2, 0) is 24.4 Å². The first-order valence-electron chi connectivity index (χ1n) is 9.89. The van der Waals surface area contributed by atoms with E-state index in [1.54, 1.807) is 29.6 Å². The minimum absolute atomic E-state index is 0.0336. The van der Waals surface area contributed by atoms with Gasteiger partial charge in [0.1, 0.15) is 21.9 Å². The lowest BCUT2D eigenvalue weighted by molar-refractivity contribution is -0.150. The maximum atomic E-state index is 12.8. The van der Waals surface area contributed by atoms with Crippen molar-refractivity contribution in [1.29, 1.82) is 0 Å². The van der Waals surface area contributed by atoms with Gasteiger partial charge in [-0.1, -0.05) is 24.0 Å². The van der Waals surface area contributed by atoms with Gasteiger partial charge in [-0.3, -0.25) is 19.2 Å². The van der Waals surface area contributed by atoms with Gasteiger partial charge in [-0.2, -0.15) is 0 Å². The topological polar surface area (TPSA) is 167 Å². The molecule has 1 unspecified atom stereocenters. The summed E-state index contributed by atoms with van der Waals surface area (Å²) in [5, 5.41) is 20.2. The lowest BCUT2D eigenvalue weighted by Gasteiger charge is -2.21. The van der Waals surface area contributed by atoms with E-state index < -0.39 is 40.3 Å². The van der Waals surface area contributed by atoms with E-state index in [0.717, 1.165) is 28.0 Å². The summed E-state index contributed by atoms with van der Waals surface area (Å²) < 4.78 is 33.0. The van der Waals surface area contributed by atoms with E-state index in [9.17, 15) is 27.9 Å². The van der Waals surface area contributed by atoms with Crippen molar-refractivity contribution >= 4 is 78.7 Å². The van der Waals surface area contributed by atoms with Crippen LogP contribution >= 0.6 is 35.3 Å². The molecule has 3 heterocycles. The number of thiazole rings is 1. The standard InChI is InChI=1S/C21H15N3O8S4/c25-17(26)10-14(19(28)29)24-18(27)16(35-21(24)33)9-12-3-6-15(32-12)11-1-4-13(5-2-11)36(30,31)23-20-22-7-8-34-20/h1-9,14H,10H2,(H,22,23)(H,25,26)(H,28,29)/b16-9-. The minimum atomic E-state index is -3.81. The molecule has 1 amide bonds. The highest BCUT2D eigenvalue weighted by Gasteiger charge is 2.41. The summed E-state index contributed by atoms with van der Waals surface area (Å²) in [5.74, 6) is -2.95. The van der Waals surface area contributed by atoms with E-state index in [1.165, 1.54) is 24.4 Å².